The van der Waals surface area contributed by atoms with Crippen LogP contribution in [0.25, 0.3) is 0 Å². The second-order valence-electron chi connectivity index (χ2n) is 6.37. The van der Waals surface area contributed by atoms with Crippen molar-refractivity contribution >= 4 is 5.82 Å². The molecule has 7 heteroatoms. The van der Waals surface area contributed by atoms with Crippen molar-refractivity contribution in [3.8, 4) is 5.88 Å². The summed E-state index contributed by atoms with van der Waals surface area (Å²) in [6.07, 6.45) is 2.24. The van der Waals surface area contributed by atoms with Gasteiger partial charge < -0.3 is 9.64 Å². The van der Waals surface area contributed by atoms with Crippen LogP contribution in [0.4, 0.5) is 14.6 Å². The van der Waals surface area contributed by atoms with Crippen LogP contribution in [0.2, 0.25) is 0 Å². The molecule has 4 rings (SSSR count). The van der Waals surface area contributed by atoms with Gasteiger partial charge in [-0.05, 0) is 36.5 Å². The minimum absolute atomic E-state index is 0.0484. The van der Waals surface area contributed by atoms with E-state index in [2.05, 4.69) is 9.88 Å². The number of rotatable bonds is 3. The summed E-state index contributed by atoms with van der Waals surface area (Å²) < 4.78 is 33.6. The van der Waals surface area contributed by atoms with Crippen LogP contribution in [-0.4, -0.2) is 22.6 Å². The first-order valence-electron chi connectivity index (χ1n) is 8.03. The molecular formula is C17H17F2N3O2. The van der Waals surface area contributed by atoms with Crippen LogP contribution in [0.15, 0.2) is 29.1 Å². The molecule has 1 aromatic carbocycles. The number of fused-ring (bicyclic) bond motifs is 4. The highest BCUT2D eigenvalue weighted by molar-refractivity contribution is 5.44. The molecule has 1 atom stereocenters. The van der Waals surface area contributed by atoms with Gasteiger partial charge in [0.2, 0.25) is 5.88 Å². The Bertz CT molecular complexity index is 817. The largest absolute Gasteiger partial charge is 0.473 e. The van der Waals surface area contributed by atoms with E-state index >= 15 is 0 Å². The summed E-state index contributed by atoms with van der Waals surface area (Å²) in [7, 11) is 0. The predicted octanol–water partition coefficient (Wildman–Crippen LogP) is 2.33. The summed E-state index contributed by atoms with van der Waals surface area (Å²) in [4.78, 5) is 18.4. The van der Waals surface area contributed by atoms with Crippen molar-refractivity contribution in [3.63, 3.8) is 0 Å². The monoisotopic (exact) mass is 333 g/mol. The Morgan fingerprint density at radius 3 is 2.75 bits per heavy atom. The molecule has 0 amide bonds. The van der Waals surface area contributed by atoms with E-state index in [4.69, 9.17) is 4.74 Å². The lowest BCUT2D eigenvalue weighted by Gasteiger charge is -2.40. The lowest BCUT2D eigenvalue weighted by Crippen LogP contribution is -2.46. The first kappa shape index (κ1) is 15.1. The van der Waals surface area contributed by atoms with E-state index in [1.54, 1.807) is 10.6 Å². The van der Waals surface area contributed by atoms with Gasteiger partial charge >= 0.3 is 5.69 Å². The second kappa shape index (κ2) is 5.89. The first-order valence-corrected chi connectivity index (χ1v) is 8.03. The molecule has 3 heterocycles. The third-order valence-electron chi connectivity index (χ3n) is 4.56. The third kappa shape index (κ3) is 2.86. The van der Waals surface area contributed by atoms with Crippen LogP contribution in [0.3, 0.4) is 0 Å². The minimum atomic E-state index is -0.661. The lowest BCUT2D eigenvalue weighted by molar-refractivity contribution is 0.282. The molecule has 1 aromatic heterocycles. The van der Waals surface area contributed by atoms with Crippen LogP contribution in [0.1, 0.15) is 18.4 Å². The maximum Gasteiger partial charge on any atom is 0.352 e. The molecule has 0 N–H and O–H groups in total. The number of hydrogen-bond acceptors (Lipinski definition) is 4. The van der Waals surface area contributed by atoms with E-state index in [0.29, 0.717) is 18.0 Å². The Balaban J connectivity index is 1.58. The van der Waals surface area contributed by atoms with E-state index in [1.165, 1.54) is 12.1 Å². The van der Waals surface area contributed by atoms with Gasteiger partial charge in [-0.3, -0.25) is 4.57 Å². The fraction of sp³-hybridized carbons (Fsp3) is 0.412. The van der Waals surface area contributed by atoms with Crippen molar-refractivity contribution in [1.29, 1.82) is 0 Å². The van der Waals surface area contributed by atoms with Crippen LogP contribution >= 0.6 is 0 Å². The van der Waals surface area contributed by atoms with Gasteiger partial charge in [-0.15, -0.1) is 0 Å². The summed E-state index contributed by atoms with van der Waals surface area (Å²) in [6.45, 7) is 2.49. The van der Waals surface area contributed by atoms with Gasteiger partial charge in [0, 0.05) is 31.8 Å². The highest BCUT2D eigenvalue weighted by atomic mass is 19.1. The van der Waals surface area contributed by atoms with E-state index in [1.807, 2.05) is 0 Å². The van der Waals surface area contributed by atoms with Crippen LogP contribution < -0.4 is 15.3 Å². The summed E-state index contributed by atoms with van der Waals surface area (Å²) in [5, 5.41) is 0. The van der Waals surface area contributed by atoms with E-state index in [-0.39, 0.29) is 18.2 Å². The number of benzene rings is 1. The molecule has 1 saturated heterocycles. The fourth-order valence-corrected chi connectivity index (χ4v) is 3.51. The minimum Gasteiger partial charge on any atom is -0.473 e. The van der Waals surface area contributed by atoms with Crippen molar-refractivity contribution in [2.24, 2.45) is 5.92 Å². The highest BCUT2D eigenvalue weighted by Crippen LogP contribution is 2.30. The Morgan fingerprint density at radius 1 is 1.17 bits per heavy atom. The molecule has 5 nitrogen and oxygen atoms in total. The maximum atomic E-state index is 13.2. The van der Waals surface area contributed by atoms with E-state index < -0.39 is 11.6 Å². The van der Waals surface area contributed by atoms with Gasteiger partial charge in [0.15, 0.2) is 0 Å². The fourth-order valence-electron chi connectivity index (χ4n) is 3.51. The summed E-state index contributed by atoms with van der Waals surface area (Å²) >= 11 is 0. The van der Waals surface area contributed by atoms with Gasteiger partial charge in [-0.1, -0.05) is 0 Å². The number of anilines is 1. The number of ether oxygens (including phenoxy) is 1. The quantitative estimate of drug-likeness (QED) is 0.865. The predicted molar refractivity (Wildman–Crippen MR) is 84.1 cm³/mol. The summed E-state index contributed by atoms with van der Waals surface area (Å²) in [6, 6.07) is 4.94. The molecule has 24 heavy (non-hydrogen) atoms. The number of hydrogen-bond donors (Lipinski definition) is 0. The van der Waals surface area contributed by atoms with Crippen molar-refractivity contribution in [1.82, 2.24) is 9.55 Å². The number of halogens is 2. The molecule has 0 unspecified atom stereocenters. The first-order chi connectivity index (χ1) is 11.6. The Kier molecular flexibility index (Phi) is 3.70. The Morgan fingerprint density at radius 2 is 1.96 bits per heavy atom. The zero-order valence-electron chi connectivity index (χ0n) is 13.0. The van der Waals surface area contributed by atoms with Gasteiger partial charge in [-0.25, -0.2) is 13.6 Å². The maximum absolute atomic E-state index is 13.2. The summed E-state index contributed by atoms with van der Waals surface area (Å²) in [5.41, 5.74) is 0.00896. The van der Waals surface area contributed by atoms with Gasteiger partial charge in [0.25, 0.3) is 0 Å². The summed E-state index contributed by atoms with van der Waals surface area (Å²) in [5.74, 6) is 0.164. The van der Waals surface area contributed by atoms with Crippen LogP contribution in [0.5, 0.6) is 5.88 Å². The molecule has 2 bridgehead atoms. The van der Waals surface area contributed by atoms with E-state index in [0.717, 1.165) is 37.8 Å². The average Bonchev–Trinajstić information content (AvgIpc) is 2.54. The average molecular weight is 333 g/mol. The zero-order valence-corrected chi connectivity index (χ0v) is 13.0. The van der Waals surface area contributed by atoms with Crippen molar-refractivity contribution in [2.45, 2.75) is 26.0 Å². The second-order valence-corrected chi connectivity index (χ2v) is 6.37. The van der Waals surface area contributed by atoms with Crippen molar-refractivity contribution < 1.29 is 13.5 Å². The SMILES string of the molecule is O=c1nc(OCc2cc(F)cc(F)c2)cc2n1C[C@@H]1CCCN2C1. The molecule has 0 spiro atoms. The molecule has 0 aliphatic carbocycles. The van der Waals surface area contributed by atoms with Crippen LogP contribution in [-0.2, 0) is 13.2 Å². The Hall–Kier alpha value is -2.44. The van der Waals surface area contributed by atoms with Crippen molar-refractivity contribution in [2.75, 3.05) is 18.0 Å². The van der Waals surface area contributed by atoms with Gasteiger partial charge in [0.05, 0.1) is 0 Å². The van der Waals surface area contributed by atoms with Crippen molar-refractivity contribution in [3.05, 3.63) is 51.9 Å². The third-order valence-corrected chi connectivity index (χ3v) is 4.56. The molecule has 2 aliphatic heterocycles. The molecule has 0 saturated carbocycles. The normalized spacial score (nSPS) is 19.1. The van der Waals surface area contributed by atoms with Crippen LogP contribution in [0, 0.1) is 17.6 Å². The molecule has 126 valence electrons. The smallest absolute Gasteiger partial charge is 0.352 e. The topological polar surface area (TPSA) is 47.4 Å². The Labute approximate surface area is 137 Å². The molecule has 0 radical (unpaired) electrons. The molecule has 1 fully saturated rings. The molecule has 2 aromatic rings. The highest BCUT2D eigenvalue weighted by Gasteiger charge is 2.29. The number of piperidine rings is 1. The molecule has 2 aliphatic rings. The standard InChI is InChI=1S/C17H17F2N3O2/c18-13-4-12(5-14(19)6-13)10-24-15-7-16-21-3-1-2-11(8-21)9-22(16)17(23)20-15/h4-7,11H,1-3,8-10H2/t11-/m1/s1. The number of aromatic nitrogens is 2. The molecular weight excluding hydrogens is 316 g/mol. The number of nitrogens with zero attached hydrogens (tertiary/aromatic N) is 3. The van der Waals surface area contributed by atoms with Gasteiger partial charge in [-0.2, -0.15) is 4.98 Å². The van der Waals surface area contributed by atoms with Gasteiger partial charge in [0.1, 0.15) is 24.1 Å². The lowest BCUT2D eigenvalue weighted by atomic mass is 9.96. The van der Waals surface area contributed by atoms with E-state index in [9.17, 15) is 13.6 Å². The zero-order chi connectivity index (χ0) is 16.7.